The predicted octanol–water partition coefficient (Wildman–Crippen LogP) is 2.96. The fourth-order valence-corrected chi connectivity index (χ4v) is 2.89. The van der Waals surface area contributed by atoms with Crippen molar-refractivity contribution in [2.45, 2.75) is 30.5 Å². The summed E-state index contributed by atoms with van der Waals surface area (Å²) >= 11 is 3.68. The molecular weight excluding hydrogens is 270 g/mol. The zero-order chi connectivity index (χ0) is 11.4. The van der Waals surface area contributed by atoms with Crippen LogP contribution in [0.25, 0.3) is 0 Å². The molecule has 2 atom stereocenters. The van der Waals surface area contributed by atoms with Crippen LogP contribution in [0.2, 0.25) is 0 Å². The molecule has 0 aromatic carbocycles. The van der Waals surface area contributed by atoms with Gasteiger partial charge in [-0.15, -0.1) is 0 Å². The van der Waals surface area contributed by atoms with Gasteiger partial charge in [-0.05, 0) is 30.9 Å². The Bertz CT molecular complexity index is 337. The van der Waals surface area contributed by atoms with E-state index in [-0.39, 0.29) is 5.91 Å². The summed E-state index contributed by atoms with van der Waals surface area (Å²) in [4.78, 5) is 12.2. The Morgan fingerprint density at radius 3 is 3.00 bits per heavy atom. The first-order valence-electron chi connectivity index (χ1n) is 5.73. The van der Waals surface area contributed by atoms with Crippen molar-refractivity contribution >= 4 is 21.8 Å². The molecule has 1 saturated carbocycles. The minimum absolute atomic E-state index is 0.115. The van der Waals surface area contributed by atoms with Crippen molar-refractivity contribution in [1.82, 2.24) is 5.32 Å². The third kappa shape index (κ3) is 2.88. The first kappa shape index (κ1) is 11.7. The van der Waals surface area contributed by atoms with Gasteiger partial charge in [0.05, 0.1) is 6.26 Å². The number of hydrogen-bond acceptors (Lipinski definition) is 2. The molecule has 0 spiro atoms. The van der Waals surface area contributed by atoms with Gasteiger partial charge in [-0.3, -0.25) is 4.79 Å². The highest BCUT2D eigenvalue weighted by Gasteiger charge is 2.23. The van der Waals surface area contributed by atoms with Gasteiger partial charge in [0.25, 0.3) is 5.91 Å². The molecule has 2 rings (SSSR count). The molecule has 88 valence electrons. The smallest absolute Gasteiger partial charge is 0.286 e. The molecule has 0 radical (unpaired) electrons. The molecule has 2 unspecified atom stereocenters. The number of carbonyl (C=O) groups is 1. The lowest BCUT2D eigenvalue weighted by atomic mass is 9.89. The molecule has 1 aromatic rings. The van der Waals surface area contributed by atoms with E-state index < -0.39 is 0 Å². The highest BCUT2D eigenvalue weighted by molar-refractivity contribution is 9.09. The summed E-state index contributed by atoms with van der Waals surface area (Å²) in [7, 11) is 0. The number of nitrogens with one attached hydrogen (secondary N) is 1. The van der Waals surface area contributed by atoms with Crippen molar-refractivity contribution in [2.24, 2.45) is 5.92 Å². The molecule has 1 N–H and O–H groups in total. The standard InChI is InChI=1S/C12H16BrNO2/c13-10-5-2-1-4-9(10)8-14-12(15)11-6-3-7-16-11/h3,6-7,9-10H,1-2,4-5,8H2,(H,14,15). The number of alkyl halides is 1. The Morgan fingerprint density at radius 1 is 1.50 bits per heavy atom. The largest absolute Gasteiger partial charge is 0.459 e. The van der Waals surface area contributed by atoms with Crippen molar-refractivity contribution in [3.63, 3.8) is 0 Å². The highest BCUT2D eigenvalue weighted by Crippen LogP contribution is 2.29. The first-order chi connectivity index (χ1) is 7.77. The van der Waals surface area contributed by atoms with Gasteiger partial charge >= 0.3 is 0 Å². The van der Waals surface area contributed by atoms with E-state index in [4.69, 9.17) is 4.42 Å². The van der Waals surface area contributed by atoms with Crippen molar-refractivity contribution in [3.05, 3.63) is 24.2 Å². The summed E-state index contributed by atoms with van der Waals surface area (Å²) in [5.74, 6) is 0.824. The lowest BCUT2D eigenvalue weighted by Gasteiger charge is -2.27. The van der Waals surface area contributed by atoms with Gasteiger partial charge in [0.2, 0.25) is 0 Å². The van der Waals surface area contributed by atoms with Gasteiger partial charge in [0.1, 0.15) is 0 Å². The lowest BCUT2D eigenvalue weighted by Crippen LogP contribution is -2.34. The maximum atomic E-state index is 11.6. The highest BCUT2D eigenvalue weighted by atomic mass is 79.9. The molecule has 1 fully saturated rings. The monoisotopic (exact) mass is 285 g/mol. The summed E-state index contributed by atoms with van der Waals surface area (Å²) in [5.41, 5.74) is 0. The topological polar surface area (TPSA) is 42.2 Å². The number of rotatable bonds is 3. The van der Waals surface area contributed by atoms with Crippen LogP contribution in [0.1, 0.15) is 36.2 Å². The fourth-order valence-electron chi connectivity index (χ4n) is 2.11. The van der Waals surface area contributed by atoms with E-state index in [2.05, 4.69) is 21.2 Å². The average Bonchev–Trinajstić information content (AvgIpc) is 2.81. The van der Waals surface area contributed by atoms with Crippen LogP contribution in [-0.4, -0.2) is 17.3 Å². The van der Waals surface area contributed by atoms with Crippen LogP contribution in [-0.2, 0) is 0 Å². The van der Waals surface area contributed by atoms with Gasteiger partial charge in [-0.25, -0.2) is 0 Å². The number of furan rings is 1. The van der Waals surface area contributed by atoms with Gasteiger partial charge in [-0.2, -0.15) is 0 Å². The fraction of sp³-hybridized carbons (Fsp3) is 0.583. The maximum absolute atomic E-state index is 11.6. The van der Waals surface area contributed by atoms with Crippen molar-refractivity contribution in [3.8, 4) is 0 Å². The van der Waals surface area contributed by atoms with Crippen molar-refractivity contribution < 1.29 is 9.21 Å². The quantitative estimate of drug-likeness (QED) is 0.868. The predicted molar refractivity (Wildman–Crippen MR) is 65.7 cm³/mol. The Hall–Kier alpha value is -0.770. The second-order valence-electron chi connectivity index (χ2n) is 4.25. The van der Waals surface area contributed by atoms with Crippen LogP contribution in [0.4, 0.5) is 0 Å². The molecule has 16 heavy (non-hydrogen) atoms. The van der Waals surface area contributed by atoms with Crippen LogP contribution in [0, 0.1) is 5.92 Å². The normalized spacial score (nSPS) is 25.3. The minimum Gasteiger partial charge on any atom is -0.459 e. The minimum atomic E-state index is -0.115. The van der Waals surface area contributed by atoms with Crippen molar-refractivity contribution in [2.75, 3.05) is 6.54 Å². The molecule has 1 amide bonds. The first-order valence-corrected chi connectivity index (χ1v) is 6.64. The zero-order valence-electron chi connectivity index (χ0n) is 9.12. The number of halogens is 1. The second-order valence-corrected chi connectivity index (χ2v) is 5.42. The summed E-state index contributed by atoms with van der Waals surface area (Å²) < 4.78 is 5.04. The average molecular weight is 286 g/mol. The Morgan fingerprint density at radius 2 is 2.31 bits per heavy atom. The third-order valence-corrected chi connectivity index (χ3v) is 4.29. The number of amides is 1. The van der Waals surface area contributed by atoms with E-state index in [1.807, 2.05) is 0 Å². The molecule has 0 aliphatic heterocycles. The molecule has 1 aliphatic carbocycles. The molecule has 0 saturated heterocycles. The second kappa shape index (κ2) is 5.53. The van der Waals surface area contributed by atoms with E-state index in [0.29, 0.717) is 16.5 Å². The van der Waals surface area contributed by atoms with Crippen LogP contribution >= 0.6 is 15.9 Å². The van der Waals surface area contributed by atoms with E-state index in [9.17, 15) is 4.79 Å². The Balaban J connectivity index is 1.80. The van der Waals surface area contributed by atoms with E-state index in [1.165, 1.54) is 31.9 Å². The molecule has 3 nitrogen and oxygen atoms in total. The summed E-state index contributed by atoms with van der Waals surface area (Å²) in [6.45, 7) is 0.732. The van der Waals surface area contributed by atoms with Gasteiger partial charge in [0.15, 0.2) is 5.76 Å². The van der Waals surface area contributed by atoms with Crippen LogP contribution in [0.15, 0.2) is 22.8 Å². The van der Waals surface area contributed by atoms with Crippen molar-refractivity contribution in [1.29, 1.82) is 0 Å². The molecular formula is C12H16BrNO2. The molecule has 0 bridgehead atoms. The number of carbonyl (C=O) groups excluding carboxylic acids is 1. The SMILES string of the molecule is O=C(NCC1CCCCC1Br)c1ccco1. The molecule has 1 aliphatic rings. The molecule has 1 aromatic heterocycles. The Kier molecular flexibility index (Phi) is 4.04. The van der Waals surface area contributed by atoms with E-state index in [1.54, 1.807) is 12.1 Å². The lowest BCUT2D eigenvalue weighted by molar-refractivity contribution is 0.0916. The third-order valence-electron chi connectivity index (χ3n) is 3.09. The number of hydrogen-bond donors (Lipinski definition) is 1. The summed E-state index contributed by atoms with van der Waals surface area (Å²) in [5, 5.41) is 2.92. The zero-order valence-corrected chi connectivity index (χ0v) is 10.7. The Labute approximate surface area is 104 Å². The summed E-state index contributed by atoms with van der Waals surface area (Å²) in [6.07, 6.45) is 6.47. The van der Waals surface area contributed by atoms with Gasteiger partial charge in [0, 0.05) is 11.4 Å². The van der Waals surface area contributed by atoms with E-state index >= 15 is 0 Å². The van der Waals surface area contributed by atoms with Crippen LogP contribution in [0.5, 0.6) is 0 Å². The maximum Gasteiger partial charge on any atom is 0.286 e. The van der Waals surface area contributed by atoms with Crippen LogP contribution in [0.3, 0.4) is 0 Å². The van der Waals surface area contributed by atoms with Crippen LogP contribution < -0.4 is 5.32 Å². The van der Waals surface area contributed by atoms with Gasteiger partial charge < -0.3 is 9.73 Å². The molecule has 4 heteroatoms. The molecule has 1 heterocycles. The van der Waals surface area contributed by atoms with E-state index in [0.717, 1.165) is 6.54 Å². The van der Waals surface area contributed by atoms with Gasteiger partial charge in [-0.1, -0.05) is 28.8 Å². The summed E-state index contributed by atoms with van der Waals surface area (Å²) in [6, 6.07) is 3.41.